The Kier molecular flexibility index (Phi) is 6.52. The van der Waals surface area contributed by atoms with Gasteiger partial charge in [0.25, 0.3) is 0 Å². The average Bonchev–Trinajstić information content (AvgIpc) is 2.38. The largest absolute Gasteiger partial charge is 0.389 e. The molecule has 4 nitrogen and oxygen atoms in total. The van der Waals surface area contributed by atoms with Crippen molar-refractivity contribution in [3.8, 4) is 0 Å². The Morgan fingerprint density at radius 3 is 2.35 bits per heavy atom. The SMILES string of the molecule is CCCC(O)(CCC)CC(=O)NNc1ccccc1C. The lowest BCUT2D eigenvalue weighted by molar-refractivity contribution is -0.126. The van der Waals surface area contributed by atoms with Gasteiger partial charge in [0.1, 0.15) is 0 Å². The van der Waals surface area contributed by atoms with E-state index in [-0.39, 0.29) is 12.3 Å². The summed E-state index contributed by atoms with van der Waals surface area (Å²) in [5, 5.41) is 10.4. The summed E-state index contributed by atoms with van der Waals surface area (Å²) >= 11 is 0. The predicted molar refractivity (Wildman–Crippen MR) is 82.3 cm³/mol. The quantitative estimate of drug-likeness (QED) is 0.640. The third-order valence-electron chi connectivity index (χ3n) is 3.40. The van der Waals surface area contributed by atoms with E-state index in [0.717, 1.165) is 24.1 Å². The lowest BCUT2D eigenvalue weighted by Gasteiger charge is -2.27. The van der Waals surface area contributed by atoms with Crippen LogP contribution < -0.4 is 10.9 Å². The molecular weight excluding hydrogens is 252 g/mol. The summed E-state index contributed by atoms with van der Waals surface area (Å²) in [6, 6.07) is 7.73. The number of hydrogen-bond acceptors (Lipinski definition) is 3. The van der Waals surface area contributed by atoms with Gasteiger partial charge in [0.05, 0.1) is 17.7 Å². The topological polar surface area (TPSA) is 61.4 Å². The number of aliphatic hydroxyl groups is 1. The fourth-order valence-electron chi connectivity index (χ4n) is 2.43. The summed E-state index contributed by atoms with van der Waals surface area (Å²) < 4.78 is 0. The molecule has 112 valence electrons. The highest BCUT2D eigenvalue weighted by atomic mass is 16.3. The van der Waals surface area contributed by atoms with E-state index in [1.807, 2.05) is 45.0 Å². The van der Waals surface area contributed by atoms with Crippen molar-refractivity contribution in [3.05, 3.63) is 29.8 Å². The lowest BCUT2D eigenvalue weighted by Crippen LogP contribution is -2.39. The van der Waals surface area contributed by atoms with Crippen LogP contribution >= 0.6 is 0 Å². The Bertz CT molecular complexity index is 426. The summed E-state index contributed by atoms with van der Waals surface area (Å²) in [7, 11) is 0. The highest BCUT2D eigenvalue weighted by Crippen LogP contribution is 2.23. The molecule has 0 aromatic heterocycles. The number of benzene rings is 1. The molecule has 0 aliphatic heterocycles. The fourth-order valence-corrected chi connectivity index (χ4v) is 2.43. The van der Waals surface area contributed by atoms with E-state index in [1.54, 1.807) is 0 Å². The van der Waals surface area contributed by atoms with Gasteiger partial charge in [-0.25, -0.2) is 0 Å². The summed E-state index contributed by atoms with van der Waals surface area (Å²) in [5.41, 5.74) is 6.62. The van der Waals surface area contributed by atoms with Crippen molar-refractivity contribution in [2.45, 2.75) is 58.5 Å². The maximum Gasteiger partial charge on any atom is 0.241 e. The number of aryl methyl sites for hydroxylation is 1. The van der Waals surface area contributed by atoms with Gasteiger partial charge in [-0.05, 0) is 31.4 Å². The van der Waals surface area contributed by atoms with Gasteiger partial charge in [-0.2, -0.15) is 0 Å². The molecule has 1 aromatic carbocycles. The standard InChI is InChI=1S/C16H26N2O2/c1-4-10-16(20,11-5-2)12-15(19)18-17-14-9-7-6-8-13(14)3/h6-9,17,20H,4-5,10-12H2,1-3H3,(H,18,19). The zero-order valence-electron chi connectivity index (χ0n) is 12.7. The van der Waals surface area contributed by atoms with Crippen LogP contribution in [-0.4, -0.2) is 16.6 Å². The molecule has 4 heteroatoms. The number of carbonyl (C=O) groups is 1. The molecule has 0 bridgehead atoms. The number of anilines is 1. The third-order valence-corrected chi connectivity index (χ3v) is 3.40. The molecule has 0 radical (unpaired) electrons. The summed E-state index contributed by atoms with van der Waals surface area (Å²) in [5.74, 6) is -0.183. The summed E-state index contributed by atoms with van der Waals surface area (Å²) in [4.78, 5) is 12.0. The van der Waals surface area contributed by atoms with Crippen molar-refractivity contribution in [2.75, 3.05) is 5.43 Å². The van der Waals surface area contributed by atoms with Gasteiger partial charge >= 0.3 is 0 Å². The monoisotopic (exact) mass is 278 g/mol. The highest BCUT2D eigenvalue weighted by Gasteiger charge is 2.28. The molecule has 1 rings (SSSR count). The number of para-hydroxylation sites is 1. The maximum atomic E-state index is 12.0. The van der Waals surface area contributed by atoms with Crippen LogP contribution in [0.1, 0.15) is 51.5 Å². The van der Waals surface area contributed by atoms with E-state index in [4.69, 9.17) is 0 Å². The second-order valence-electron chi connectivity index (χ2n) is 5.39. The molecule has 1 amide bonds. The van der Waals surface area contributed by atoms with Gasteiger partial charge in [0, 0.05) is 0 Å². The molecule has 0 aliphatic carbocycles. The minimum absolute atomic E-state index is 0.133. The van der Waals surface area contributed by atoms with Crippen molar-refractivity contribution in [1.29, 1.82) is 0 Å². The van der Waals surface area contributed by atoms with E-state index < -0.39 is 5.60 Å². The third kappa shape index (κ3) is 5.21. The first kappa shape index (κ1) is 16.5. The number of nitrogens with one attached hydrogen (secondary N) is 2. The molecule has 0 aliphatic rings. The number of rotatable bonds is 8. The van der Waals surface area contributed by atoms with E-state index >= 15 is 0 Å². The number of hydrogen-bond donors (Lipinski definition) is 3. The lowest BCUT2D eigenvalue weighted by atomic mass is 9.89. The van der Waals surface area contributed by atoms with Gasteiger partial charge in [-0.1, -0.05) is 44.9 Å². The Morgan fingerprint density at radius 1 is 1.20 bits per heavy atom. The molecule has 0 spiro atoms. The van der Waals surface area contributed by atoms with E-state index in [9.17, 15) is 9.90 Å². The smallest absolute Gasteiger partial charge is 0.241 e. The molecule has 3 N–H and O–H groups in total. The molecule has 1 aromatic rings. The van der Waals surface area contributed by atoms with Crippen LogP contribution in [0.15, 0.2) is 24.3 Å². The Balaban J connectivity index is 2.52. The molecule has 0 heterocycles. The molecule has 0 fully saturated rings. The zero-order chi connectivity index (χ0) is 15.0. The first-order chi connectivity index (χ1) is 9.50. The number of hydrazine groups is 1. The van der Waals surface area contributed by atoms with E-state index in [2.05, 4.69) is 10.9 Å². The molecular formula is C16H26N2O2. The van der Waals surface area contributed by atoms with Crippen molar-refractivity contribution < 1.29 is 9.90 Å². The van der Waals surface area contributed by atoms with Gasteiger partial charge in [0.2, 0.25) is 5.91 Å². The van der Waals surface area contributed by atoms with Crippen molar-refractivity contribution in [3.63, 3.8) is 0 Å². The van der Waals surface area contributed by atoms with Crippen molar-refractivity contribution in [2.24, 2.45) is 0 Å². The Labute approximate surface area is 121 Å². The Morgan fingerprint density at radius 2 is 1.80 bits per heavy atom. The first-order valence-corrected chi connectivity index (χ1v) is 7.33. The van der Waals surface area contributed by atoms with Crippen molar-refractivity contribution >= 4 is 11.6 Å². The average molecular weight is 278 g/mol. The normalized spacial score (nSPS) is 11.2. The number of amides is 1. The van der Waals surface area contributed by atoms with Crippen LogP contribution in [0.4, 0.5) is 5.69 Å². The first-order valence-electron chi connectivity index (χ1n) is 7.33. The van der Waals surface area contributed by atoms with Crippen LogP contribution in [0.2, 0.25) is 0 Å². The molecule has 0 saturated carbocycles. The predicted octanol–water partition coefficient (Wildman–Crippen LogP) is 3.16. The number of carbonyl (C=O) groups excluding carboxylic acids is 1. The van der Waals surface area contributed by atoms with Crippen LogP contribution in [0, 0.1) is 6.92 Å². The second-order valence-corrected chi connectivity index (χ2v) is 5.39. The molecule has 0 unspecified atom stereocenters. The van der Waals surface area contributed by atoms with Crippen LogP contribution in [0.3, 0.4) is 0 Å². The van der Waals surface area contributed by atoms with Crippen LogP contribution in [0.25, 0.3) is 0 Å². The minimum Gasteiger partial charge on any atom is -0.389 e. The molecule has 0 atom stereocenters. The van der Waals surface area contributed by atoms with Crippen LogP contribution in [0.5, 0.6) is 0 Å². The van der Waals surface area contributed by atoms with E-state index in [1.165, 1.54) is 0 Å². The summed E-state index contributed by atoms with van der Waals surface area (Å²) in [6.45, 7) is 6.01. The van der Waals surface area contributed by atoms with E-state index in [0.29, 0.717) is 12.8 Å². The van der Waals surface area contributed by atoms with Crippen molar-refractivity contribution in [1.82, 2.24) is 5.43 Å². The van der Waals surface area contributed by atoms with Gasteiger partial charge in [-0.15, -0.1) is 0 Å². The minimum atomic E-state index is -0.888. The maximum absolute atomic E-state index is 12.0. The zero-order valence-corrected chi connectivity index (χ0v) is 12.7. The fraction of sp³-hybridized carbons (Fsp3) is 0.562. The summed E-state index contributed by atoms with van der Waals surface area (Å²) in [6.07, 6.45) is 3.18. The molecule has 0 saturated heterocycles. The second kappa shape index (κ2) is 7.90. The van der Waals surface area contributed by atoms with Gasteiger partial charge < -0.3 is 5.11 Å². The van der Waals surface area contributed by atoms with Crippen LogP contribution in [-0.2, 0) is 4.79 Å². The highest BCUT2D eigenvalue weighted by molar-refractivity contribution is 5.78. The van der Waals surface area contributed by atoms with Gasteiger partial charge in [-0.3, -0.25) is 15.6 Å². The van der Waals surface area contributed by atoms with Gasteiger partial charge in [0.15, 0.2) is 0 Å². The Hall–Kier alpha value is -1.55. The molecule has 20 heavy (non-hydrogen) atoms.